The van der Waals surface area contributed by atoms with Crippen LogP contribution in [0.15, 0.2) is 59.4 Å². The maximum Gasteiger partial charge on any atom is 0.304 e. The lowest BCUT2D eigenvalue weighted by Gasteiger charge is -2.26. The van der Waals surface area contributed by atoms with Crippen LogP contribution in [0.2, 0.25) is 0 Å². The summed E-state index contributed by atoms with van der Waals surface area (Å²) in [4.78, 5) is 25.8. The molecule has 0 aliphatic carbocycles. The highest BCUT2D eigenvalue weighted by Gasteiger charge is 2.28. The lowest BCUT2D eigenvalue weighted by Crippen LogP contribution is -2.44. The molecule has 3 rings (SSSR count). The number of rotatable bonds is 7. The van der Waals surface area contributed by atoms with Crippen LogP contribution in [-0.4, -0.2) is 48.6 Å². The molecule has 1 amide bonds. The maximum absolute atomic E-state index is 13.3. The average Bonchev–Trinajstić information content (AvgIpc) is 2.96. The zero-order valence-corrected chi connectivity index (χ0v) is 18.9. The number of nitrogens with zero attached hydrogens (tertiary/aromatic N) is 4. The Morgan fingerprint density at radius 3 is 2.22 bits per heavy atom. The molecule has 0 bridgehead atoms. The lowest BCUT2D eigenvalue weighted by atomic mass is 10.3. The van der Waals surface area contributed by atoms with Crippen LogP contribution in [0.1, 0.15) is 5.69 Å². The van der Waals surface area contributed by atoms with E-state index < -0.39 is 34.0 Å². The molecular formula is C21H24FN5O4S. The van der Waals surface area contributed by atoms with Gasteiger partial charge in [0.1, 0.15) is 18.0 Å². The van der Waals surface area contributed by atoms with Gasteiger partial charge >= 0.3 is 10.2 Å². The highest BCUT2D eigenvalue weighted by atomic mass is 32.2. The Labute approximate surface area is 185 Å². The van der Waals surface area contributed by atoms with Crippen LogP contribution in [0.3, 0.4) is 0 Å². The first kappa shape index (κ1) is 23.2. The van der Waals surface area contributed by atoms with E-state index in [0.717, 1.165) is 20.7 Å². The Bertz CT molecular complexity index is 1280. The molecule has 32 heavy (non-hydrogen) atoms. The second kappa shape index (κ2) is 8.97. The van der Waals surface area contributed by atoms with Crippen molar-refractivity contribution in [3.05, 3.63) is 76.5 Å². The van der Waals surface area contributed by atoms with Gasteiger partial charge in [-0.3, -0.25) is 14.3 Å². The van der Waals surface area contributed by atoms with Gasteiger partial charge in [-0.2, -0.15) is 12.7 Å². The van der Waals surface area contributed by atoms with Gasteiger partial charge in [-0.1, -0.05) is 18.2 Å². The molecule has 1 heterocycles. The molecule has 0 fully saturated rings. The predicted octanol–water partition coefficient (Wildman–Crippen LogP) is 1.88. The SMILES string of the molecule is Cc1c(NC(=O)CN(c2ccc(F)cc2)S(=O)(=O)N(C)C)c(=O)n(-c2ccccc2)n1C. The summed E-state index contributed by atoms with van der Waals surface area (Å²) >= 11 is 0. The second-order valence-electron chi connectivity index (χ2n) is 7.26. The predicted molar refractivity (Wildman–Crippen MR) is 121 cm³/mol. The van der Waals surface area contributed by atoms with Crippen LogP contribution in [0.4, 0.5) is 15.8 Å². The van der Waals surface area contributed by atoms with Crippen molar-refractivity contribution in [2.24, 2.45) is 7.05 Å². The number of aromatic nitrogens is 2. The molecule has 0 unspecified atom stereocenters. The van der Waals surface area contributed by atoms with E-state index in [1.807, 2.05) is 6.07 Å². The van der Waals surface area contributed by atoms with E-state index in [2.05, 4.69) is 5.32 Å². The minimum Gasteiger partial charge on any atom is -0.318 e. The fourth-order valence-electron chi connectivity index (χ4n) is 3.13. The third-order valence-electron chi connectivity index (χ3n) is 4.96. The monoisotopic (exact) mass is 461 g/mol. The number of para-hydroxylation sites is 1. The van der Waals surface area contributed by atoms with E-state index in [-0.39, 0.29) is 11.4 Å². The first-order chi connectivity index (χ1) is 15.0. The van der Waals surface area contributed by atoms with Crippen molar-refractivity contribution >= 4 is 27.5 Å². The van der Waals surface area contributed by atoms with Crippen LogP contribution >= 0.6 is 0 Å². The molecule has 0 aliphatic heterocycles. The third kappa shape index (κ3) is 4.43. The van der Waals surface area contributed by atoms with Gasteiger partial charge in [-0.15, -0.1) is 0 Å². The molecule has 1 N–H and O–H groups in total. The summed E-state index contributed by atoms with van der Waals surface area (Å²) in [6.45, 7) is 1.07. The number of amides is 1. The Morgan fingerprint density at radius 2 is 1.66 bits per heavy atom. The summed E-state index contributed by atoms with van der Waals surface area (Å²) in [5, 5.41) is 2.54. The second-order valence-corrected chi connectivity index (χ2v) is 9.32. The van der Waals surface area contributed by atoms with Crippen LogP contribution < -0.4 is 15.2 Å². The number of benzene rings is 2. The van der Waals surface area contributed by atoms with Crippen molar-refractivity contribution in [2.45, 2.75) is 6.92 Å². The van der Waals surface area contributed by atoms with E-state index in [1.54, 1.807) is 42.9 Å². The molecule has 0 radical (unpaired) electrons. The van der Waals surface area contributed by atoms with Gasteiger partial charge in [-0.05, 0) is 43.3 Å². The zero-order valence-electron chi connectivity index (χ0n) is 18.1. The maximum atomic E-state index is 13.3. The van der Waals surface area contributed by atoms with Crippen molar-refractivity contribution in [1.82, 2.24) is 13.7 Å². The van der Waals surface area contributed by atoms with Crippen molar-refractivity contribution in [3.63, 3.8) is 0 Å². The number of carbonyl (C=O) groups is 1. The molecule has 0 saturated heterocycles. The molecule has 3 aromatic rings. The van der Waals surface area contributed by atoms with Gasteiger partial charge in [0.2, 0.25) is 5.91 Å². The van der Waals surface area contributed by atoms with Crippen molar-refractivity contribution in [2.75, 3.05) is 30.3 Å². The van der Waals surface area contributed by atoms with E-state index in [4.69, 9.17) is 0 Å². The van der Waals surface area contributed by atoms with E-state index >= 15 is 0 Å². The minimum absolute atomic E-state index is 0.0441. The molecule has 11 heteroatoms. The summed E-state index contributed by atoms with van der Waals surface area (Å²) in [7, 11) is 0.264. The van der Waals surface area contributed by atoms with Gasteiger partial charge in [0.25, 0.3) is 5.56 Å². The Kier molecular flexibility index (Phi) is 6.51. The number of hydrogen-bond donors (Lipinski definition) is 1. The number of carbonyl (C=O) groups excluding carboxylic acids is 1. The lowest BCUT2D eigenvalue weighted by molar-refractivity contribution is -0.114. The van der Waals surface area contributed by atoms with Gasteiger partial charge in [-0.25, -0.2) is 13.4 Å². The first-order valence-electron chi connectivity index (χ1n) is 9.63. The number of halogens is 1. The fourth-order valence-corrected chi connectivity index (χ4v) is 4.19. The molecule has 9 nitrogen and oxygen atoms in total. The van der Waals surface area contributed by atoms with Crippen molar-refractivity contribution in [3.8, 4) is 5.69 Å². The standard InChI is InChI=1S/C21H24FN5O4S/c1-15-20(21(29)27(25(15)4)18-8-6-5-7-9-18)23-19(28)14-26(32(30,31)24(2)3)17-12-10-16(22)11-13-17/h5-13H,14H2,1-4H3,(H,23,28). The topological polar surface area (TPSA) is 96.7 Å². The van der Waals surface area contributed by atoms with E-state index in [0.29, 0.717) is 11.4 Å². The summed E-state index contributed by atoms with van der Waals surface area (Å²) in [6.07, 6.45) is 0. The van der Waals surface area contributed by atoms with Crippen molar-refractivity contribution in [1.29, 1.82) is 0 Å². The highest BCUT2D eigenvalue weighted by Crippen LogP contribution is 2.20. The Morgan fingerprint density at radius 1 is 1.06 bits per heavy atom. The van der Waals surface area contributed by atoms with Crippen LogP contribution in [0, 0.1) is 12.7 Å². The number of hydrogen-bond acceptors (Lipinski definition) is 4. The van der Waals surface area contributed by atoms with Gasteiger partial charge in [0.15, 0.2) is 0 Å². The molecule has 1 aromatic heterocycles. The normalized spacial score (nSPS) is 11.6. The molecule has 170 valence electrons. The summed E-state index contributed by atoms with van der Waals surface area (Å²) in [6, 6.07) is 13.6. The summed E-state index contributed by atoms with van der Waals surface area (Å²) < 4.78 is 43.7. The Hall–Kier alpha value is -3.44. The average molecular weight is 462 g/mol. The van der Waals surface area contributed by atoms with E-state index in [9.17, 15) is 22.4 Å². The van der Waals surface area contributed by atoms with E-state index in [1.165, 1.54) is 30.9 Å². The van der Waals surface area contributed by atoms with Crippen LogP contribution in [-0.2, 0) is 22.1 Å². The molecule has 0 spiro atoms. The van der Waals surface area contributed by atoms with Gasteiger partial charge in [0, 0.05) is 21.1 Å². The number of anilines is 2. The molecule has 0 aliphatic rings. The fraction of sp³-hybridized carbons (Fsp3) is 0.238. The molecule has 0 atom stereocenters. The largest absolute Gasteiger partial charge is 0.318 e. The van der Waals surface area contributed by atoms with Crippen LogP contribution in [0.5, 0.6) is 0 Å². The molecular weight excluding hydrogens is 437 g/mol. The third-order valence-corrected chi connectivity index (χ3v) is 6.78. The summed E-state index contributed by atoms with van der Waals surface area (Å²) in [5.74, 6) is -1.26. The highest BCUT2D eigenvalue weighted by molar-refractivity contribution is 7.90. The van der Waals surface area contributed by atoms with Gasteiger partial charge in [0.05, 0.1) is 17.1 Å². The van der Waals surface area contributed by atoms with Crippen molar-refractivity contribution < 1.29 is 17.6 Å². The molecule has 2 aromatic carbocycles. The molecule has 0 saturated carbocycles. The smallest absolute Gasteiger partial charge is 0.304 e. The first-order valence-corrected chi connectivity index (χ1v) is 11.0. The summed E-state index contributed by atoms with van der Waals surface area (Å²) in [5.41, 5.74) is 0.820. The Balaban J connectivity index is 1.94. The van der Waals surface area contributed by atoms with Crippen LogP contribution in [0.25, 0.3) is 5.69 Å². The minimum atomic E-state index is -4.06. The zero-order chi connectivity index (χ0) is 23.6. The van der Waals surface area contributed by atoms with Gasteiger partial charge < -0.3 is 5.32 Å². The quantitative estimate of drug-likeness (QED) is 0.581. The number of nitrogens with one attached hydrogen (secondary N) is 1.